The average Bonchev–Trinajstić information content (AvgIpc) is 2.91. The molecular formula is C24H23F3N4O8S. The molecule has 0 aliphatic rings. The minimum absolute atomic E-state index is 0.282. The number of sulfonamides is 1. The highest BCUT2D eigenvalue weighted by molar-refractivity contribution is 7.89. The Balaban J connectivity index is 1.84. The summed E-state index contributed by atoms with van der Waals surface area (Å²) in [5, 5.41) is 2.11. The lowest BCUT2D eigenvalue weighted by Crippen LogP contribution is -2.50. The van der Waals surface area contributed by atoms with Crippen LogP contribution in [-0.2, 0) is 24.3 Å². The summed E-state index contributed by atoms with van der Waals surface area (Å²) in [4.78, 5) is 48.9. The van der Waals surface area contributed by atoms with E-state index in [1.54, 1.807) is 16.9 Å². The summed E-state index contributed by atoms with van der Waals surface area (Å²) in [6.45, 7) is -0.304. The molecule has 1 atom stereocenters. The van der Waals surface area contributed by atoms with Crippen molar-refractivity contribution in [1.29, 1.82) is 0 Å². The first-order valence-corrected chi connectivity index (χ1v) is 13.0. The second kappa shape index (κ2) is 12.7. The van der Waals surface area contributed by atoms with E-state index >= 15 is 0 Å². The summed E-state index contributed by atoms with van der Waals surface area (Å²) < 4.78 is 75.3. The van der Waals surface area contributed by atoms with E-state index in [0.29, 0.717) is 24.2 Å². The van der Waals surface area contributed by atoms with Crippen LogP contribution in [0, 0.1) is 0 Å². The Hall–Kier alpha value is -4.28. The zero-order valence-electron chi connectivity index (χ0n) is 20.5. The predicted octanol–water partition coefficient (Wildman–Crippen LogP) is 0.736. The van der Waals surface area contributed by atoms with Gasteiger partial charge in [0.25, 0.3) is 11.5 Å². The molecule has 0 fully saturated rings. The number of carbonyl (C=O) groups excluding carboxylic acids is 3. The monoisotopic (exact) mass is 584 g/mol. The molecule has 1 aromatic carbocycles. The summed E-state index contributed by atoms with van der Waals surface area (Å²) in [6.07, 6.45) is -3.65. The third-order valence-electron chi connectivity index (χ3n) is 5.21. The Morgan fingerprint density at radius 3 is 2.35 bits per heavy atom. The number of ether oxygens (including phenoxy) is 2. The lowest BCUT2D eigenvalue weighted by Gasteiger charge is -2.18. The fourth-order valence-corrected chi connectivity index (χ4v) is 4.45. The number of hydrogen-bond donors (Lipinski definition) is 3. The molecule has 0 aliphatic heterocycles. The van der Waals surface area contributed by atoms with Crippen LogP contribution in [0.4, 0.5) is 13.2 Å². The van der Waals surface area contributed by atoms with Crippen molar-refractivity contribution in [3.63, 3.8) is 0 Å². The molecule has 1 amide bonds. The molecule has 3 rings (SSSR count). The van der Waals surface area contributed by atoms with Crippen LogP contribution < -0.4 is 26.1 Å². The van der Waals surface area contributed by atoms with E-state index in [-0.39, 0.29) is 11.5 Å². The zero-order valence-corrected chi connectivity index (χ0v) is 21.3. The van der Waals surface area contributed by atoms with Gasteiger partial charge in [-0.2, -0.15) is 17.9 Å². The van der Waals surface area contributed by atoms with E-state index in [9.17, 15) is 40.8 Å². The van der Waals surface area contributed by atoms with Gasteiger partial charge in [0.1, 0.15) is 17.4 Å². The van der Waals surface area contributed by atoms with Crippen molar-refractivity contribution in [2.24, 2.45) is 5.73 Å². The standard InChI is InChI=1S/C24H23F3N4O8S/c25-24(26,27)23(35)39-22(34)19(30-40(36,37)17-5-2-1-3-6-17)13-29-20(32)18-10-8-15-7-9-16(38-12-4-11-28)14-31(15)21(18)33/h1-3,5-10,14,19,30H,4,11-13,28H2,(H,29,32)/t19-/m0/s1. The first-order valence-electron chi connectivity index (χ1n) is 11.5. The molecule has 0 radical (unpaired) electrons. The van der Waals surface area contributed by atoms with Gasteiger partial charge in [-0.05, 0) is 49.4 Å². The Morgan fingerprint density at radius 2 is 1.70 bits per heavy atom. The highest BCUT2D eigenvalue weighted by Gasteiger charge is 2.44. The van der Waals surface area contributed by atoms with E-state index in [1.807, 2.05) is 0 Å². The van der Waals surface area contributed by atoms with Crippen LogP contribution in [0.15, 0.2) is 70.5 Å². The summed E-state index contributed by atoms with van der Waals surface area (Å²) in [7, 11) is -4.52. The molecule has 2 heterocycles. The molecule has 0 spiro atoms. The summed E-state index contributed by atoms with van der Waals surface area (Å²) in [6, 6.07) is 10.0. The van der Waals surface area contributed by atoms with Crippen molar-refractivity contribution < 1.29 is 45.4 Å². The number of nitrogens with one attached hydrogen (secondary N) is 2. The molecule has 16 heteroatoms. The van der Waals surface area contributed by atoms with Gasteiger partial charge in [-0.3, -0.25) is 14.0 Å². The molecule has 0 saturated heterocycles. The number of rotatable bonds is 11. The molecule has 2 aromatic heterocycles. The Kier molecular flexibility index (Phi) is 9.62. The maximum atomic E-state index is 13.0. The van der Waals surface area contributed by atoms with E-state index in [0.717, 1.165) is 22.6 Å². The molecule has 214 valence electrons. The number of pyridine rings is 2. The zero-order chi connectivity index (χ0) is 29.5. The van der Waals surface area contributed by atoms with Crippen molar-refractivity contribution in [3.05, 3.63) is 76.7 Å². The molecule has 0 unspecified atom stereocenters. The van der Waals surface area contributed by atoms with Gasteiger partial charge in [0.2, 0.25) is 10.0 Å². The minimum atomic E-state index is -5.55. The number of alkyl halides is 3. The number of halogens is 3. The first-order chi connectivity index (χ1) is 18.8. The van der Waals surface area contributed by atoms with Crippen molar-refractivity contribution in [1.82, 2.24) is 14.4 Å². The fourth-order valence-electron chi connectivity index (χ4n) is 3.24. The number of amides is 1. The summed E-state index contributed by atoms with van der Waals surface area (Å²) in [5.41, 5.74) is 4.57. The van der Waals surface area contributed by atoms with E-state index in [1.165, 1.54) is 30.5 Å². The number of benzene rings is 1. The number of fused-ring (bicyclic) bond motifs is 1. The van der Waals surface area contributed by atoms with Gasteiger partial charge in [0.05, 0.1) is 17.7 Å². The summed E-state index contributed by atoms with van der Waals surface area (Å²) in [5.74, 6) is -5.59. The van der Waals surface area contributed by atoms with Crippen molar-refractivity contribution in [2.45, 2.75) is 23.5 Å². The number of nitrogens with two attached hydrogens (primary N) is 1. The highest BCUT2D eigenvalue weighted by Crippen LogP contribution is 2.17. The van der Waals surface area contributed by atoms with Gasteiger partial charge in [-0.15, -0.1) is 0 Å². The number of carbonyl (C=O) groups is 3. The van der Waals surface area contributed by atoms with Gasteiger partial charge in [0, 0.05) is 12.1 Å². The van der Waals surface area contributed by atoms with E-state index in [2.05, 4.69) is 10.1 Å². The van der Waals surface area contributed by atoms with Gasteiger partial charge >= 0.3 is 18.1 Å². The lowest BCUT2D eigenvalue weighted by atomic mass is 10.2. The molecule has 0 bridgehead atoms. The second-order valence-electron chi connectivity index (χ2n) is 8.11. The van der Waals surface area contributed by atoms with Crippen LogP contribution in [0.25, 0.3) is 5.52 Å². The number of esters is 2. The van der Waals surface area contributed by atoms with Crippen LogP contribution in [0.2, 0.25) is 0 Å². The van der Waals surface area contributed by atoms with Crippen LogP contribution in [0.3, 0.4) is 0 Å². The van der Waals surface area contributed by atoms with E-state index < -0.39 is 57.8 Å². The molecule has 4 N–H and O–H groups in total. The fraction of sp³-hybridized carbons (Fsp3) is 0.250. The molecule has 40 heavy (non-hydrogen) atoms. The predicted molar refractivity (Wildman–Crippen MR) is 133 cm³/mol. The molecular weight excluding hydrogens is 561 g/mol. The highest BCUT2D eigenvalue weighted by atomic mass is 32.2. The topological polar surface area (TPSA) is 175 Å². The van der Waals surface area contributed by atoms with Crippen LogP contribution in [0.1, 0.15) is 16.8 Å². The Morgan fingerprint density at radius 1 is 1.02 bits per heavy atom. The number of hydrogen-bond acceptors (Lipinski definition) is 9. The van der Waals surface area contributed by atoms with Crippen LogP contribution >= 0.6 is 0 Å². The van der Waals surface area contributed by atoms with Crippen LogP contribution in [0.5, 0.6) is 5.75 Å². The number of nitrogens with zero attached hydrogens (tertiary/aromatic N) is 1. The molecule has 3 aromatic rings. The lowest BCUT2D eigenvalue weighted by molar-refractivity contribution is -0.202. The van der Waals surface area contributed by atoms with Gasteiger partial charge in [-0.25, -0.2) is 18.0 Å². The molecule has 12 nitrogen and oxygen atoms in total. The normalized spacial score (nSPS) is 12.5. The van der Waals surface area contributed by atoms with E-state index in [4.69, 9.17) is 10.5 Å². The quantitative estimate of drug-likeness (QED) is 0.167. The maximum absolute atomic E-state index is 13.0. The third-order valence-corrected chi connectivity index (χ3v) is 6.70. The Labute approximate surface area is 224 Å². The minimum Gasteiger partial charge on any atom is -0.492 e. The first kappa shape index (κ1) is 30.3. The largest absolute Gasteiger partial charge is 0.492 e. The molecule has 0 aliphatic carbocycles. The van der Waals surface area contributed by atoms with Crippen LogP contribution in [-0.4, -0.2) is 62.6 Å². The summed E-state index contributed by atoms with van der Waals surface area (Å²) >= 11 is 0. The average molecular weight is 585 g/mol. The van der Waals surface area contributed by atoms with Gasteiger partial charge < -0.3 is 20.5 Å². The van der Waals surface area contributed by atoms with Gasteiger partial charge in [-0.1, -0.05) is 18.2 Å². The smallest absolute Gasteiger partial charge is 0.491 e. The number of aromatic nitrogens is 1. The third kappa shape index (κ3) is 7.64. The second-order valence-corrected chi connectivity index (χ2v) is 9.82. The SMILES string of the molecule is NCCCOc1ccc2ccc(C(=O)NC[C@H](NS(=O)(=O)c3ccccc3)C(=O)OC(=O)C(F)(F)F)c(=O)n2c1. The van der Waals surface area contributed by atoms with Crippen molar-refractivity contribution in [3.8, 4) is 5.75 Å². The Bertz CT molecular complexity index is 1560. The maximum Gasteiger partial charge on any atom is 0.491 e. The van der Waals surface area contributed by atoms with Crippen molar-refractivity contribution >= 4 is 33.4 Å². The van der Waals surface area contributed by atoms with Gasteiger partial charge in [0.15, 0.2) is 0 Å². The van der Waals surface area contributed by atoms with Crippen molar-refractivity contribution in [2.75, 3.05) is 19.7 Å². The molecule has 0 saturated carbocycles.